The number of nitrogens with zero attached hydrogens (tertiary/aromatic N) is 1. The number of hydrogen-bond acceptors (Lipinski definition) is 5. The zero-order valence-electron chi connectivity index (χ0n) is 20.1. The minimum Gasteiger partial charge on any atom is -0.491 e. The normalized spacial score (nSPS) is 13.5. The van der Waals surface area contributed by atoms with Crippen molar-refractivity contribution in [3.05, 3.63) is 59.7 Å². The van der Waals surface area contributed by atoms with Gasteiger partial charge < -0.3 is 19.1 Å². The van der Waals surface area contributed by atoms with Crippen LogP contribution >= 0.6 is 0 Å². The molecule has 0 saturated carbocycles. The molecule has 3 rings (SSSR count). The second kappa shape index (κ2) is 13.7. The summed E-state index contributed by atoms with van der Waals surface area (Å²) >= 11 is 0. The van der Waals surface area contributed by atoms with Gasteiger partial charge in [0, 0.05) is 31.0 Å². The van der Waals surface area contributed by atoms with Crippen LogP contribution in [-0.2, 0) is 9.53 Å². The lowest BCUT2D eigenvalue weighted by Crippen LogP contribution is -2.28. The molecule has 0 spiro atoms. The third-order valence-electron chi connectivity index (χ3n) is 5.70. The first kappa shape index (κ1) is 24.8. The molecule has 178 valence electrons. The number of hydrogen-bond donors (Lipinski definition) is 0. The van der Waals surface area contributed by atoms with Crippen molar-refractivity contribution in [1.82, 2.24) is 0 Å². The molecule has 1 heterocycles. The van der Waals surface area contributed by atoms with E-state index in [0.29, 0.717) is 31.0 Å². The van der Waals surface area contributed by atoms with E-state index in [-0.39, 0.29) is 5.97 Å². The third kappa shape index (κ3) is 7.93. The Kier molecular flexibility index (Phi) is 10.3. The fraction of sp³-hybridized carbons (Fsp3) is 0.464. The van der Waals surface area contributed by atoms with E-state index in [2.05, 4.69) is 36.9 Å². The summed E-state index contributed by atoms with van der Waals surface area (Å²) in [6.07, 6.45) is 8.15. The van der Waals surface area contributed by atoms with Gasteiger partial charge in [-0.1, -0.05) is 44.9 Å². The van der Waals surface area contributed by atoms with E-state index < -0.39 is 0 Å². The first-order valence-corrected chi connectivity index (χ1v) is 12.3. The lowest BCUT2D eigenvalue weighted by molar-refractivity contribution is -0.130. The van der Waals surface area contributed by atoms with Crippen molar-refractivity contribution in [3.8, 4) is 11.5 Å². The highest BCUT2D eigenvalue weighted by Gasteiger charge is 2.18. The Labute approximate surface area is 198 Å². The molecule has 33 heavy (non-hydrogen) atoms. The molecule has 0 amide bonds. The predicted octanol–water partition coefficient (Wildman–Crippen LogP) is 6.27. The maximum Gasteiger partial charge on any atom is 0.339 e. The Morgan fingerprint density at radius 1 is 0.909 bits per heavy atom. The molecular formula is C28H37NO4. The highest BCUT2D eigenvalue weighted by molar-refractivity contribution is 5.96. The molecule has 0 saturated heterocycles. The van der Waals surface area contributed by atoms with Gasteiger partial charge in [-0.3, -0.25) is 0 Å². The number of para-hydroxylation sites is 1. The van der Waals surface area contributed by atoms with Crippen LogP contribution in [0.5, 0.6) is 11.5 Å². The highest BCUT2D eigenvalue weighted by Crippen LogP contribution is 2.28. The van der Waals surface area contributed by atoms with Gasteiger partial charge in [-0.15, -0.1) is 0 Å². The molecular weight excluding hydrogens is 414 g/mol. The number of unbranched alkanes of at least 4 members (excludes halogenated alkanes) is 2. The first-order chi connectivity index (χ1) is 16.2. The smallest absolute Gasteiger partial charge is 0.339 e. The maximum absolute atomic E-state index is 12.9. The molecule has 1 aliphatic heterocycles. The van der Waals surface area contributed by atoms with Crippen LogP contribution in [0.25, 0.3) is 6.08 Å². The van der Waals surface area contributed by atoms with Crippen LogP contribution in [0.15, 0.2) is 54.1 Å². The molecule has 0 N–H and O–H groups in total. The van der Waals surface area contributed by atoms with Gasteiger partial charge in [-0.25, -0.2) is 4.79 Å². The van der Waals surface area contributed by atoms with E-state index in [1.807, 2.05) is 24.3 Å². The van der Waals surface area contributed by atoms with Gasteiger partial charge >= 0.3 is 5.97 Å². The van der Waals surface area contributed by atoms with Crippen molar-refractivity contribution in [3.63, 3.8) is 0 Å². The van der Waals surface area contributed by atoms with Crippen LogP contribution < -0.4 is 14.4 Å². The molecule has 5 heteroatoms. The zero-order valence-corrected chi connectivity index (χ0v) is 20.1. The van der Waals surface area contributed by atoms with Crippen LogP contribution in [0, 0.1) is 0 Å². The predicted molar refractivity (Wildman–Crippen MR) is 134 cm³/mol. The topological polar surface area (TPSA) is 48.0 Å². The Morgan fingerprint density at radius 3 is 2.45 bits per heavy atom. The summed E-state index contributed by atoms with van der Waals surface area (Å²) in [5, 5.41) is 0. The van der Waals surface area contributed by atoms with Crippen molar-refractivity contribution in [2.45, 2.75) is 52.4 Å². The average Bonchev–Trinajstić information content (AvgIpc) is 2.82. The number of benzene rings is 2. The number of ether oxygens (including phenoxy) is 3. The molecule has 0 aromatic heterocycles. The van der Waals surface area contributed by atoms with Gasteiger partial charge in [0.15, 0.2) is 0 Å². The van der Waals surface area contributed by atoms with Gasteiger partial charge in [-0.05, 0) is 67.7 Å². The van der Waals surface area contributed by atoms with Gasteiger partial charge in [0.1, 0.15) is 18.1 Å². The third-order valence-corrected chi connectivity index (χ3v) is 5.70. The van der Waals surface area contributed by atoms with Crippen molar-refractivity contribution in [1.29, 1.82) is 0 Å². The van der Waals surface area contributed by atoms with E-state index >= 15 is 0 Å². The molecule has 0 unspecified atom stereocenters. The second-order valence-corrected chi connectivity index (χ2v) is 8.35. The average molecular weight is 452 g/mol. The number of fused-ring (bicyclic) bond motifs is 1. The molecule has 1 aliphatic rings. The standard InChI is InChI=1S/C28H37NO4/c1-3-5-17-29-18-9-11-24(22-23-10-7-8-12-27(23)29)28(30)33-26-15-13-25(14-16-26)32-21-20-31-19-6-4-2/h7-8,10,12-16,22H,3-6,9,11,17-21H2,1-2H3. The monoisotopic (exact) mass is 451 g/mol. The van der Waals surface area contributed by atoms with Gasteiger partial charge in [-0.2, -0.15) is 0 Å². The minimum atomic E-state index is -0.287. The highest BCUT2D eigenvalue weighted by atomic mass is 16.5. The number of carbonyl (C=O) groups is 1. The molecule has 5 nitrogen and oxygen atoms in total. The lowest BCUT2D eigenvalue weighted by atomic mass is 10.0. The van der Waals surface area contributed by atoms with Gasteiger partial charge in [0.25, 0.3) is 0 Å². The molecule has 2 aromatic rings. The Hall–Kier alpha value is -2.79. The first-order valence-electron chi connectivity index (χ1n) is 12.3. The van der Waals surface area contributed by atoms with E-state index in [0.717, 1.165) is 50.3 Å². The maximum atomic E-state index is 12.9. The second-order valence-electron chi connectivity index (χ2n) is 8.35. The van der Waals surface area contributed by atoms with Gasteiger partial charge in [0.2, 0.25) is 0 Å². The summed E-state index contributed by atoms with van der Waals surface area (Å²) in [7, 11) is 0. The van der Waals surface area contributed by atoms with Crippen molar-refractivity contribution in [2.75, 3.05) is 37.8 Å². The molecule has 0 radical (unpaired) electrons. The molecule has 2 aromatic carbocycles. The fourth-order valence-corrected chi connectivity index (χ4v) is 3.82. The van der Waals surface area contributed by atoms with Crippen LogP contribution in [0.3, 0.4) is 0 Å². The molecule has 0 atom stereocenters. The largest absolute Gasteiger partial charge is 0.491 e. The van der Waals surface area contributed by atoms with E-state index in [9.17, 15) is 4.79 Å². The van der Waals surface area contributed by atoms with Crippen LogP contribution in [-0.4, -0.2) is 38.9 Å². The summed E-state index contributed by atoms with van der Waals surface area (Å²) in [6, 6.07) is 15.5. The summed E-state index contributed by atoms with van der Waals surface area (Å²) in [5.74, 6) is 0.970. The molecule has 0 fully saturated rings. The Balaban J connectivity index is 1.59. The van der Waals surface area contributed by atoms with Gasteiger partial charge in [0.05, 0.1) is 6.61 Å². The molecule has 0 bridgehead atoms. The van der Waals surface area contributed by atoms with E-state index in [1.54, 1.807) is 12.1 Å². The van der Waals surface area contributed by atoms with Crippen LogP contribution in [0.4, 0.5) is 5.69 Å². The SMILES string of the molecule is CCCCOCCOc1ccc(OC(=O)C2=Cc3ccccc3N(CCCC)CCC2)cc1. The fourth-order valence-electron chi connectivity index (χ4n) is 3.82. The quantitative estimate of drug-likeness (QED) is 0.216. The van der Waals surface area contributed by atoms with Crippen LogP contribution in [0.1, 0.15) is 57.9 Å². The number of carbonyl (C=O) groups excluding carboxylic acids is 1. The lowest BCUT2D eigenvalue weighted by Gasteiger charge is -2.28. The number of esters is 1. The number of anilines is 1. The van der Waals surface area contributed by atoms with E-state index in [1.165, 1.54) is 18.5 Å². The summed E-state index contributed by atoms with van der Waals surface area (Å²) < 4.78 is 16.9. The Morgan fingerprint density at radius 2 is 1.67 bits per heavy atom. The Bertz CT molecular complexity index is 891. The minimum absolute atomic E-state index is 0.287. The zero-order chi connectivity index (χ0) is 23.3. The van der Waals surface area contributed by atoms with E-state index in [4.69, 9.17) is 14.2 Å². The van der Waals surface area contributed by atoms with Crippen molar-refractivity contribution >= 4 is 17.7 Å². The summed E-state index contributed by atoms with van der Waals surface area (Å²) in [5.41, 5.74) is 2.98. The molecule has 0 aliphatic carbocycles. The number of rotatable bonds is 12. The van der Waals surface area contributed by atoms with Crippen molar-refractivity contribution in [2.24, 2.45) is 0 Å². The summed E-state index contributed by atoms with van der Waals surface area (Å²) in [4.78, 5) is 15.4. The summed E-state index contributed by atoms with van der Waals surface area (Å²) in [6.45, 7) is 8.18. The van der Waals surface area contributed by atoms with Crippen molar-refractivity contribution < 1.29 is 19.0 Å². The van der Waals surface area contributed by atoms with Crippen LogP contribution in [0.2, 0.25) is 0 Å².